The van der Waals surface area contributed by atoms with Crippen LogP contribution in [0.5, 0.6) is 0 Å². The molecule has 2 aromatic rings. The number of anilines is 1. The molecule has 0 radical (unpaired) electrons. The third-order valence-corrected chi connectivity index (χ3v) is 4.12. The zero-order valence-corrected chi connectivity index (χ0v) is 12.0. The van der Waals surface area contributed by atoms with Gasteiger partial charge >= 0.3 is 0 Å². The maximum atomic E-state index is 12.2. The number of thiazole rings is 1. The van der Waals surface area contributed by atoms with E-state index in [0.717, 1.165) is 16.3 Å². The number of hydrogen-bond acceptors (Lipinski definition) is 4. The van der Waals surface area contributed by atoms with Crippen LogP contribution in [0.3, 0.4) is 0 Å². The lowest BCUT2D eigenvalue weighted by Gasteiger charge is -2.13. The maximum Gasteiger partial charge on any atom is 0.252 e. The van der Waals surface area contributed by atoms with Crippen LogP contribution in [-0.4, -0.2) is 10.9 Å². The Kier molecular flexibility index (Phi) is 3.85. The first-order chi connectivity index (χ1) is 8.99. The SMILES string of the molecule is Cc1csc(C(C)NC(=O)c2cccc(N)c2C)n1. The molecular weight excluding hydrogens is 258 g/mol. The van der Waals surface area contributed by atoms with Crippen LogP contribution in [-0.2, 0) is 0 Å². The lowest BCUT2D eigenvalue weighted by molar-refractivity contribution is 0.0939. The molecule has 0 aliphatic rings. The lowest BCUT2D eigenvalue weighted by Crippen LogP contribution is -2.27. The molecule has 1 unspecified atom stereocenters. The summed E-state index contributed by atoms with van der Waals surface area (Å²) in [7, 11) is 0. The molecule has 0 fully saturated rings. The van der Waals surface area contributed by atoms with Crippen molar-refractivity contribution in [3.63, 3.8) is 0 Å². The quantitative estimate of drug-likeness (QED) is 0.846. The normalized spacial score (nSPS) is 12.2. The smallest absolute Gasteiger partial charge is 0.252 e. The van der Waals surface area contributed by atoms with Gasteiger partial charge in [0, 0.05) is 22.3 Å². The van der Waals surface area contributed by atoms with Gasteiger partial charge in [-0.25, -0.2) is 4.98 Å². The van der Waals surface area contributed by atoms with Gasteiger partial charge in [-0.05, 0) is 38.5 Å². The first kappa shape index (κ1) is 13.5. The maximum absolute atomic E-state index is 12.2. The van der Waals surface area contributed by atoms with Crippen molar-refractivity contribution in [3.8, 4) is 0 Å². The zero-order chi connectivity index (χ0) is 14.0. The molecule has 100 valence electrons. The first-order valence-corrected chi connectivity index (χ1v) is 6.95. The molecule has 0 aliphatic heterocycles. The van der Waals surface area contributed by atoms with E-state index in [1.54, 1.807) is 29.5 Å². The summed E-state index contributed by atoms with van der Waals surface area (Å²) in [6.07, 6.45) is 0. The van der Waals surface area contributed by atoms with Gasteiger partial charge in [0.15, 0.2) is 0 Å². The molecule has 0 saturated carbocycles. The highest BCUT2D eigenvalue weighted by atomic mass is 32.1. The summed E-state index contributed by atoms with van der Waals surface area (Å²) in [6, 6.07) is 5.25. The van der Waals surface area contributed by atoms with Gasteiger partial charge in [-0.15, -0.1) is 11.3 Å². The van der Waals surface area contributed by atoms with Crippen LogP contribution in [0.2, 0.25) is 0 Å². The summed E-state index contributed by atoms with van der Waals surface area (Å²) in [4.78, 5) is 16.6. The molecule has 0 aliphatic carbocycles. The molecule has 1 amide bonds. The van der Waals surface area contributed by atoms with Gasteiger partial charge in [0.1, 0.15) is 5.01 Å². The van der Waals surface area contributed by atoms with Crippen molar-refractivity contribution in [2.24, 2.45) is 0 Å². The van der Waals surface area contributed by atoms with Gasteiger partial charge in [-0.1, -0.05) is 6.07 Å². The molecule has 0 saturated heterocycles. The number of carbonyl (C=O) groups excluding carboxylic acids is 1. The molecule has 1 heterocycles. The Morgan fingerprint density at radius 3 is 2.79 bits per heavy atom. The molecule has 1 atom stereocenters. The number of nitrogens with one attached hydrogen (secondary N) is 1. The average molecular weight is 275 g/mol. The van der Waals surface area contributed by atoms with Gasteiger partial charge in [0.25, 0.3) is 5.91 Å². The number of benzene rings is 1. The topological polar surface area (TPSA) is 68.0 Å². The summed E-state index contributed by atoms with van der Waals surface area (Å²) >= 11 is 1.55. The Labute approximate surface area is 116 Å². The van der Waals surface area contributed by atoms with E-state index >= 15 is 0 Å². The number of rotatable bonds is 3. The number of nitrogens with zero attached hydrogens (tertiary/aromatic N) is 1. The van der Waals surface area contributed by atoms with E-state index in [2.05, 4.69) is 10.3 Å². The zero-order valence-electron chi connectivity index (χ0n) is 11.2. The molecule has 3 N–H and O–H groups in total. The van der Waals surface area contributed by atoms with Gasteiger partial charge in [0.2, 0.25) is 0 Å². The second-order valence-corrected chi connectivity index (χ2v) is 5.43. The van der Waals surface area contributed by atoms with E-state index in [0.29, 0.717) is 11.3 Å². The summed E-state index contributed by atoms with van der Waals surface area (Å²) < 4.78 is 0. The fourth-order valence-corrected chi connectivity index (χ4v) is 2.61. The van der Waals surface area contributed by atoms with Crippen LogP contribution in [0.1, 0.15) is 39.6 Å². The Morgan fingerprint density at radius 2 is 2.16 bits per heavy atom. The van der Waals surface area contributed by atoms with Crippen molar-refractivity contribution >= 4 is 22.9 Å². The van der Waals surface area contributed by atoms with E-state index in [1.807, 2.05) is 26.2 Å². The Balaban J connectivity index is 2.15. The van der Waals surface area contributed by atoms with Crippen molar-refractivity contribution in [1.29, 1.82) is 0 Å². The molecule has 1 aromatic carbocycles. The van der Waals surface area contributed by atoms with Crippen LogP contribution in [0, 0.1) is 13.8 Å². The monoisotopic (exact) mass is 275 g/mol. The average Bonchev–Trinajstić information content (AvgIpc) is 2.79. The van der Waals surface area contributed by atoms with Crippen LogP contribution in [0.4, 0.5) is 5.69 Å². The van der Waals surface area contributed by atoms with Gasteiger partial charge < -0.3 is 11.1 Å². The lowest BCUT2D eigenvalue weighted by atomic mass is 10.1. The number of hydrogen-bond donors (Lipinski definition) is 2. The molecule has 4 nitrogen and oxygen atoms in total. The predicted octanol–water partition coefficient (Wildman–Crippen LogP) is 2.83. The molecule has 5 heteroatoms. The molecule has 0 spiro atoms. The standard InChI is InChI=1S/C14H17N3OS/c1-8-7-19-14(16-8)10(3)17-13(18)11-5-4-6-12(15)9(11)2/h4-7,10H,15H2,1-3H3,(H,17,18). The number of amides is 1. The third kappa shape index (κ3) is 2.93. The molecule has 19 heavy (non-hydrogen) atoms. The van der Waals surface area contributed by atoms with Crippen LogP contribution >= 0.6 is 11.3 Å². The van der Waals surface area contributed by atoms with E-state index in [-0.39, 0.29) is 11.9 Å². The summed E-state index contributed by atoms with van der Waals surface area (Å²) in [5, 5.41) is 5.83. The molecule has 2 rings (SSSR count). The number of aryl methyl sites for hydroxylation is 1. The minimum atomic E-state index is -0.120. The highest BCUT2D eigenvalue weighted by Gasteiger charge is 2.16. The second-order valence-electron chi connectivity index (χ2n) is 4.54. The highest BCUT2D eigenvalue weighted by Crippen LogP contribution is 2.20. The number of nitrogens with two attached hydrogens (primary N) is 1. The van der Waals surface area contributed by atoms with E-state index in [4.69, 9.17) is 5.73 Å². The number of nitrogen functional groups attached to an aromatic ring is 1. The van der Waals surface area contributed by atoms with Crippen molar-refractivity contribution in [1.82, 2.24) is 10.3 Å². The van der Waals surface area contributed by atoms with Crippen LogP contribution in [0.25, 0.3) is 0 Å². The third-order valence-electron chi connectivity index (χ3n) is 2.98. The minimum absolute atomic E-state index is 0.105. The van der Waals surface area contributed by atoms with Crippen molar-refractivity contribution < 1.29 is 4.79 Å². The Hall–Kier alpha value is -1.88. The van der Waals surface area contributed by atoms with E-state index in [1.165, 1.54) is 0 Å². The molecule has 1 aromatic heterocycles. The number of carbonyl (C=O) groups is 1. The van der Waals surface area contributed by atoms with Gasteiger partial charge in [-0.3, -0.25) is 4.79 Å². The largest absolute Gasteiger partial charge is 0.398 e. The minimum Gasteiger partial charge on any atom is -0.398 e. The Bertz CT molecular complexity index is 606. The molecule has 0 bridgehead atoms. The van der Waals surface area contributed by atoms with Gasteiger partial charge in [0.05, 0.1) is 6.04 Å². The second kappa shape index (κ2) is 5.40. The fraction of sp³-hybridized carbons (Fsp3) is 0.286. The van der Waals surface area contributed by atoms with Gasteiger partial charge in [-0.2, -0.15) is 0 Å². The highest BCUT2D eigenvalue weighted by molar-refractivity contribution is 7.09. The Morgan fingerprint density at radius 1 is 1.42 bits per heavy atom. The van der Waals surface area contributed by atoms with Crippen LogP contribution < -0.4 is 11.1 Å². The van der Waals surface area contributed by atoms with E-state index in [9.17, 15) is 4.79 Å². The first-order valence-electron chi connectivity index (χ1n) is 6.07. The summed E-state index contributed by atoms with van der Waals surface area (Å²) in [6.45, 7) is 5.72. The van der Waals surface area contributed by atoms with E-state index < -0.39 is 0 Å². The summed E-state index contributed by atoms with van der Waals surface area (Å²) in [5.41, 5.74) is 8.84. The predicted molar refractivity (Wildman–Crippen MR) is 78.3 cm³/mol. The van der Waals surface area contributed by atoms with Crippen molar-refractivity contribution in [2.45, 2.75) is 26.8 Å². The number of aromatic nitrogens is 1. The fourth-order valence-electron chi connectivity index (χ4n) is 1.81. The molecular formula is C14H17N3OS. The summed E-state index contributed by atoms with van der Waals surface area (Å²) in [5.74, 6) is -0.120. The van der Waals surface area contributed by atoms with Crippen molar-refractivity contribution in [3.05, 3.63) is 45.4 Å². The van der Waals surface area contributed by atoms with Crippen LogP contribution in [0.15, 0.2) is 23.6 Å². The van der Waals surface area contributed by atoms with Crippen molar-refractivity contribution in [2.75, 3.05) is 5.73 Å².